The van der Waals surface area contributed by atoms with Crippen LogP contribution in [-0.2, 0) is 9.53 Å². The van der Waals surface area contributed by atoms with Gasteiger partial charge in [-0.25, -0.2) is 9.59 Å². The zero-order chi connectivity index (χ0) is 21.9. The third kappa shape index (κ3) is 10.00. The van der Waals surface area contributed by atoms with Gasteiger partial charge in [-0.15, -0.1) is 0 Å². The van der Waals surface area contributed by atoms with Crippen LogP contribution >= 0.6 is 0 Å². The molecule has 1 atom stereocenters. The molecule has 0 aromatic rings. The quantitative estimate of drug-likeness (QED) is 0.243. The maximum absolute atomic E-state index is 11.9. The Balaban J connectivity index is 2.63. The number of amides is 4. The number of imide groups is 1. The lowest BCUT2D eigenvalue weighted by Crippen LogP contribution is -2.49. The normalized spacial score (nSPS) is 15.8. The summed E-state index contributed by atoms with van der Waals surface area (Å²) >= 11 is 0. The second-order valence-corrected chi connectivity index (χ2v) is 7.83. The number of rotatable bonds is 10. The average molecular weight is 413 g/mol. The zero-order valence-corrected chi connectivity index (χ0v) is 18.3. The van der Waals surface area contributed by atoms with Crippen LogP contribution < -0.4 is 21.3 Å². The van der Waals surface area contributed by atoms with E-state index in [0.717, 1.165) is 24.2 Å². The van der Waals surface area contributed by atoms with Crippen LogP contribution in [0.1, 0.15) is 53.9 Å². The second-order valence-electron chi connectivity index (χ2n) is 7.83. The van der Waals surface area contributed by atoms with Crippen LogP contribution in [0.2, 0.25) is 0 Å². The number of ether oxygens (including phenoxy) is 1. The van der Waals surface area contributed by atoms with Crippen molar-refractivity contribution >= 4 is 24.0 Å². The Morgan fingerprint density at radius 3 is 2.55 bits per heavy atom. The summed E-state index contributed by atoms with van der Waals surface area (Å²) in [7, 11) is 0. The highest BCUT2D eigenvalue weighted by atomic mass is 16.6. The summed E-state index contributed by atoms with van der Waals surface area (Å²) in [6, 6.07) is -0.414. The summed E-state index contributed by atoms with van der Waals surface area (Å²) in [5, 5.41) is 11.8. The predicted molar refractivity (Wildman–Crippen MR) is 112 cm³/mol. The first kappa shape index (κ1) is 24.5. The van der Waals surface area contributed by atoms with E-state index in [2.05, 4.69) is 33.2 Å². The Hall–Kier alpha value is -2.52. The van der Waals surface area contributed by atoms with E-state index in [1.54, 1.807) is 0 Å². The third-order valence-corrected chi connectivity index (χ3v) is 4.01. The van der Waals surface area contributed by atoms with Crippen LogP contribution in [0.25, 0.3) is 0 Å². The Morgan fingerprint density at radius 1 is 1.28 bits per heavy atom. The monoisotopic (exact) mass is 412 g/mol. The molecule has 4 amide bonds. The van der Waals surface area contributed by atoms with E-state index in [1.807, 2.05) is 27.7 Å². The molecule has 166 valence electrons. The molecule has 1 aliphatic rings. The summed E-state index contributed by atoms with van der Waals surface area (Å²) in [6.45, 7) is 11.1. The lowest BCUT2D eigenvalue weighted by molar-refractivity contribution is -0.124. The van der Waals surface area contributed by atoms with E-state index in [-0.39, 0.29) is 37.6 Å². The Kier molecular flexibility index (Phi) is 10.3. The van der Waals surface area contributed by atoms with Gasteiger partial charge in [0.1, 0.15) is 5.60 Å². The zero-order valence-electron chi connectivity index (χ0n) is 18.3. The van der Waals surface area contributed by atoms with Crippen molar-refractivity contribution in [2.75, 3.05) is 32.7 Å². The number of hydrogen-bond donors (Lipinski definition) is 4. The van der Waals surface area contributed by atoms with E-state index in [0.29, 0.717) is 19.0 Å². The molecular formula is C19H36N6O4. The fourth-order valence-corrected chi connectivity index (χ4v) is 2.65. The number of hydrogen-bond acceptors (Lipinski definition) is 5. The van der Waals surface area contributed by atoms with Crippen molar-refractivity contribution < 1.29 is 19.1 Å². The van der Waals surface area contributed by atoms with Gasteiger partial charge in [0.05, 0.1) is 19.6 Å². The van der Waals surface area contributed by atoms with Gasteiger partial charge in [-0.2, -0.15) is 0 Å². The average Bonchev–Trinajstić information content (AvgIpc) is 2.94. The highest BCUT2D eigenvalue weighted by Crippen LogP contribution is 2.07. The Morgan fingerprint density at radius 2 is 2.00 bits per heavy atom. The molecule has 0 aromatic heterocycles. The largest absolute Gasteiger partial charge is 0.444 e. The molecule has 0 radical (unpaired) electrons. The first-order chi connectivity index (χ1) is 13.7. The molecule has 1 saturated heterocycles. The van der Waals surface area contributed by atoms with Crippen LogP contribution in [0.15, 0.2) is 4.99 Å². The summed E-state index contributed by atoms with van der Waals surface area (Å²) < 4.78 is 5.29. The minimum atomic E-state index is -0.549. The lowest BCUT2D eigenvalue weighted by Gasteiger charge is -2.24. The predicted octanol–water partition coefficient (Wildman–Crippen LogP) is 1.18. The molecule has 4 N–H and O–H groups in total. The van der Waals surface area contributed by atoms with Gasteiger partial charge in [-0.05, 0) is 34.1 Å². The number of nitrogens with zero attached hydrogens (tertiary/aromatic N) is 2. The lowest BCUT2D eigenvalue weighted by atomic mass is 10.1. The molecule has 0 aromatic carbocycles. The molecule has 0 bridgehead atoms. The van der Waals surface area contributed by atoms with Crippen LogP contribution in [-0.4, -0.2) is 73.3 Å². The van der Waals surface area contributed by atoms with Gasteiger partial charge in [-0.1, -0.05) is 19.8 Å². The van der Waals surface area contributed by atoms with Crippen molar-refractivity contribution in [3.63, 3.8) is 0 Å². The van der Waals surface area contributed by atoms with E-state index in [1.165, 1.54) is 0 Å². The SMILES string of the molecule is CCCCC(CNC(=O)OC(C)(C)C)NC(=NCCN1C(=O)CNC1=O)NCC. The van der Waals surface area contributed by atoms with Crippen LogP contribution in [0.4, 0.5) is 9.59 Å². The molecule has 10 heteroatoms. The van der Waals surface area contributed by atoms with Crippen LogP contribution in [0.5, 0.6) is 0 Å². The van der Waals surface area contributed by atoms with E-state index in [4.69, 9.17) is 4.74 Å². The van der Waals surface area contributed by atoms with Crippen molar-refractivity contribution in [3.05, 3.63) is 0 Å². The number of carbonyl (C=O) groups excluding carboxylic acids is 3. The molecular weight excluding hydrogens is 376 g/mol. The number of unbranched alkanes of at least 4 members (excludes halogenated alkanes) is 1. The van der Waals surface area contributed by atoms with Crippen molar-refractivity contribution in [1.29, 1.82) is 0 Å². The number of alkyl carbamates (subject to hydrolysis) is 1. The molecule has 1 unspecified atom stereocenters. The molecule has 0 spiro atoms. The number of urea groups is 1. The van der Waals surface area contributed by atoms with Gasteiger partial charge in [0.2, 0.25) is 5.91 Å². The molecule has 10 nitrogen and oxygen atoms in total. The summed E-state index contributed by atoms with van der Waals surface area (Å²) in [4.78, 5) is 40.8. The van der Waals surface area contributed by atoms with Crippen molar-refractivity contribution in [3.8, 4) is 0 Å². The maximum atomic E-state index is 11.9. The summed E-state index contributed by atoms with van der Waals surface area (Å²) in [6.07, 6.45) is 2.42. The minimum Gasteiger partial charge on any atom is -0.444 e. The maximum Gasteiger partial charge on any atom is 0.407 e. The van der Waals surface area contributed by atoms with Crippen LogP contribution in [0.3, 0.4) is 0 Å². The van der Waals surface area contributed by atoms with E-state index < -0.39 is 11.7 Å². The third-order valence-electron chi connectivity index (χ3n) is 4.01. The summed E-state index contributed by atoms with van der Waals surface area (Å²) in [5.41, 5.74) is -0.549. The van der Waals surface area contributed by atoms with Gasteiger partial charge in [0, 0.05) is 19.1 Å². The van der Waals surface area contributed by atoms with Gasteiger partial charge >= 0.3 is 12.1 Å². The Labute approximate surface area is 173 Å². The highest BCUT2D eigenvalue weighted by Gasteiger charge is 2.27. The topological polar surface area (TPSA) is 124 Å². The number of carbonyl (C=O) groups is 3. The number of aliphatic imine (C=N–C) groups is 1. The number of guanidine groups is 1. The second kappa shape index (κ2) is 12.1. The fourth-order valence-electron chi connectivity index (χ4n) is 2.65. The van der Waals surface area contributed by atoms with Gasteiger partial charge in [0.25, 0.3) is 0 Å². The molecule has 0 aliphatic carbocycles. The molecule has 1 fully saturated rings. The molecule has 29 heavy (non-hydrogen) atoms. The van der Waals surface area contributed by atoms with Crippen molar-refractivity contribution in [1.82, 2.24) is 26.2 Å². The van der Waals surface area contributed by atoms with Crippen LogP contribution in [0, 0.1) is 0 Å². The highest BCUT2D eigenvalue weighted by molar-refractivity contribution is 6.01. The molecule has 1 heterocycles. The number of nitrogens with one attached hydrogen (secondary N) is 4. The smallest absolute Gasteiger partial charge is 0.407 e. The molecule has 1 aliphatic heterocycles. The first-order valence-electron chi connectivity index (χ1n) is 10.3. The van der Waals surface area contributed by atoms with Gasteiger partial charge in [-0.3, -0.25) is 14.7 Å². The summed E-state index contributed by atoms with van der Waals surface area (Å²) in [5.74, 6) is 0.331. The molecule has 0 saturated carbocycles. The van der Waals surface area contributed by atoms with Gasteiger partial charge in [0.15, 0.2) is 5.96 Å². The standard InChI is InChI=1S/C19H36N6O4/c1-6-8-9-14(12-23-18(28)29-19(3,4)5)24-16(20-7-2)21-10-11-25-15(26)13-22-17(25)27/h14H,6-13H2,1-5H3,(H,22,27)(H,23,28)(H2,20,21,24). The fraction of sp³-hybridized carbons (Fsp3) is 0.789. The Bertz CT molecular complexity index is 572. The van der Waals surface area contributed by atoms with Crippen molar-refractivity contribution in [2.24, 2.45) is 4.99 Å². The molecule has 1 rings (SSSR count). The first-order valence-corrected chi connectivity index (χ1v) is 10.3. The van der Waals surface area contributed by atoms with E-state index >= 15 is 0 Å². The minimum absolute atomic E-state index is 0.0306. The van der Waals surface area contributed by atoms with Gasteiger partial charge < -0.3 is 26.0 Å². The van der Waals surface area contributed by atoms with E-state index in [9.17, 15) is 14.4 Å². The van der Waals surface area contributed by atoms with Crippen molar-refractivity contribution in [2.45, 2.75) is 65.5 Å².